The van der Waals surface area contributed by atoms with E-state index in [4.69, 9.17) is 15.6 Å². The average molecular weight is 266 g/mol. The average Bonchev–Trinajstić information content (AvgIpc) is 2.38. The van der Waals surface area contributed by atoms with Crippen molar-refractivity contribution in [2.45, 2.75) is 32.4 Å². The first-order valence-electron chi connectivity index (χ1n) is 6.31. The van der Waals surface area contributed by atoms with Gasteiger partial charge in [0, 0.05) is 18.7 Å². The van der Waals surface area contributed by atoms with Crippen LogP contribution in [0.5, 0.6) is 5.75 Å². The van der Waals surface area contributed by atoms with E-state index in [2.05, 4.69) is 25.2 Å². The fourth-order valence-corrected chi connectivity index (χ4v) is 1.72. The Morgan fingerprint density at radius 1 is 1.47 bits per heavy atom. The first kappa shape index (κ1) is 15.5. The van der Waals surface area contributed by atoms with Gasteiger partial charge in [-0.25, -0.2) is 0 Å². The number of hydrogen-bond acceptors (Lipinski definition) is 4. The van der Waals surface area contributed by atoms with Crippen LogP contribution in [0.2, 0.25) is 0 Å². The van der Waals surface area contributed by atoms with Gasteiger partial charge in [0.25, 0.3) is 0 Å². The minimum atomic E-state index is -1.00. The van der Waals surface area contributed by atoms with Crippen molar-refractivity contribution in [3.8, 4) is 5.75 Å². The van der Waals surface area contributed by atoms with Crippen LogP contribution >= 0.6 is 0 Å². The number of ether oxygens (including phenoxy) is 1. The van der Waals surface area contributed by atoms with E-state index >= 15 is 0 Å². The zero-order valence-corrected chi connectivity index (χ0v) is 11.6. The molecule has 19 heavy (non-hydrogen) atoms. The SMILES string of the molecule is COc1cc(C(C)C)ccc1CNCC(N)C(=O)O. The van der Waals surface area contributed by atoms with Gasteiger partial charge in [0.1, 0.15) is 11.8 Å². The smallest absolute Gasteiger partial charge is 0.321 e. The van der Waals surface area contributed by atoms with Crippen LogP contribution < -0.4 is 15.8 Å². The maximum absolute atomic E-state index is 10.6. The molecule has 5 heteroatoms. The molecule has 0 aromatic heterocycles. The molecule has 0 saturated carbocycles. The summed E-state index contributed by atoms with van der Waals surface area (Å²) in [4.78, 5) is 10.6. The maximum atomic E-state index is 10.6. The lowest BCUT2D eigenvalue weighted by Crippen LogP contribution is -2.40. The molecule has 0 saturated heterocycles. The van der Waals surface area contributed by atoms with Crippen molar-refractivity contribution in [1.29, 1.82) is 0 Å². The molecule has 0 aliphatic carbocycles. The molecule has 1 rings (SSSR count). The third kappa shape index (κ3) is 4.54. The van der Waals surface area contributed by atoms with Gasteiger partial charge in [-0.05, 0) is 17.5 Å². The van der Waals surface area contributed by atoms with Crippen LogP contribution in [-0.4, -0.2) is 30.8 Å². The minimum Gasteiger partial charge on any atom is -0.496 e. The second kappa shape index (κ2) is 7.11. The molecule has 0 bridgehead atoms. The monoisotopic (exact) mass is 266 g/mol. The predicted molar refractivity (Wildman–Crippen MR) is 74.4 cm³/mol. The standard InChI is InChI=1S/C14H22N2O3/c1-9(2)10-4-5-11(13(6-10)19-3)7-16-8-12(15)14(17)18/h4-6,9,12,16H,7-8,15H2,1-3H3,(H,17,18). The summed E-state index contributed by atoms with van der Waals surface area (Å²) in [6.07, 6.45) is 0. The van der Waals surface area contributed by atoms with E-state index in [1.165, 1.54) is 5.56 Å². The highest BCUT2D eigenvalue weighted by Crippen LogP contribution is 2.24. The van der Waals surface area contributed by atoms with Crippen molar-refractivity contribution in [2.24, 2.45) is 5.73 Å². The maximum Gasteiger partial charge on any atom is 0.321 e. The molecule has 0 aliphatic heterocycles. The van der Waals surface area contributed by atoms with E-state index in [0.29, 0.717) is 12.5 Å². The fraction of sp³-hybridized carbons (Fsp3) is 0.500. The number of carboxylic acids is 1. The number of carboxylic acid groups (broad SMARTS) is 1. The van der Waals surface area contributed by atoms with Gasteiger partial charge in [0.2, 0.25) is 0 Å². The Morgan fingerprint density at radius 2 is 2.16 bits per heavy atom. The molecule has 1 aromatic carbocycles. The van der Waals surface area contributed by atoms with Crippen molar-refractivity contribution in [3.05, 3.63) is 29.3 Å². The quantitative estimate of drug-likeness (QED) is 0.693. The van der Waals surface area contributed by atoms with Crippen molar-refractivity contribution in [1.82, 2.24) is 5.32 Å². The van der Waals surface area contributed by atoms with Crippen molar-refractivity contribution in [3.63, 3.8) is 0 Å². The molecule has 0 amide bonds. The summed E-state index contributed by atoms with van der Waals surface area (Å²) in [7, 11) is 1.63. The molecule has 5 nitrogen and oxygen atoms in total. The number of aliphatic carboxylic acids is 1. The van der Waals surface area contributed by atoms with Gasteiger partial charge in [0.15, 0.2) is 0 Å². The number of nitrogens with two attached hydrogens (primary N) is 1. The molecule has 1 atom stereocenters. The molecule has 0 radical (unpaired) electrons. The highest BCUT2D eigenvalue weighted by molar-refractivity contribution is 5.73. The van der Waals surface area contributed by atoms with Crippen LogP contribution in [0.1, 0.15) is 30.9 Å². The second-order valence-electron chi connectivity index (χ2n) is 4.80. The molecule has 106 valence electrons. The number of hydrogen-bond donors (Lipinski definition) is 3. The van der Waals surface area contributed by atoms with E-state index in [9.17, 15) is 4.79 Å². The van der Waals surface area contributed by atoms with Gasteiger partial charge < -0.3 is 20.9 Å². The van der Waals surface area contributed by atoms with Crippen LogP contribution in [-0.2, 0) is 11.3 Å². The Morgan fingerprint density at radius 3 is 2.68 bits per heavy atom. The first-order valence-corrected chi connectivity index (χ1v) is 6.31. The Balaban J connectivity index is 2.65. The lowest BCUT2D eigenvalue weighted by Gasteiger charge is -2.14. The Kier molecular flexibility index (Phi) is 5.79. The number of benzene rings is 1. The highest BCUT2D eigenvalue weighted by Gasteiger charge is 2.11. The molecule has 0 aliphatic rings. The van der Waals surface area contributed by atoms with E-state index in [0.717, 1.165) is 11.3 Å². The zero-order chi connectivity index (χ0) is 14.4. The Labute approximate surface area is 113 Å². The molecule has 1 unspecified atom stereocenters. The Bertz CT molecular complexity index is 433. The third-order valence-corrected chi connectivity index (χ3v) is 2.97. The predicted octanol–water partition coefficient (Wildman–Crippen LogP) is 1.32. The number of methoxy groups -OCH3 is 1. The summed E-state index contributed by atoms with van der Waals surface area (Å²) in [6, 6.07) is 5.18. The zero-order valence-electron chi connectivity index (χ0n) is 11.6. The van der Waals surface area contributed by atoms with Crippen LogP contribution in [0.15, 0.2) is 18.2 Å². The molecule has 0 fully saturated rings. The molecular formula is C14H22N2O3. The van der Waals surface area contributed by atoms with Crippen LogP contribution in [0.4, 0.5) is 0 Å². The summed E-state index contributed by atoms with van der Waals surface area (Å²) < 4.78 is 5.35. The van der Waals surface area contributed by atoms with Gasteiger partial charge in [-0.1, -0.05) is 26.0 Å². The van der Waals surface area contributed by atoms with Crippen LogP contribution in [0.3, 0.4) is 0 Å². The number of rotatable bonds is 7. The molecule has 1 aromatic rings. The summed E-state index contributed by atoms with van der Waals surface area (Å²) in [5, 5.41) is 11.7. The summed E-state index contributed by atoms with van der Waals surface area (Å²) in [5.41, 5.74) is 7.62. The van der Waals surface area contributed by atoms with Gasteiger partial charge in [0.05, 0.1) is 7.11 Å². The molecule has 0 heterocycles. The minimum absolute atomic E-state index is 0.227. The first-order chi connectivity index (χ1) is 8.95. The second-order valence-corrected chi connectivity index (χ2v) is 4.80. The summed E-state index contributed by atoms with van der Waals surface area (Å²) in [5.74, 6) is 0.244. The van der Waals surface area contributed by atoms with Gasteiger partial charge in [-0.15, -0.1) is 0 Å². The van der Waals surface area contributed by atoms with Gasteiger partial charge in [-0.3, -0.25) is 4.79 Å². The van der Waals surface area contributed by atoms with Crippen molar-refractivity contribution >= 4 is 5.97 Å². The normalized spacial score (nSPS) is 12.5. The number of carbonyl (C=O) groups is 1. The largest absolute Gasteiger partial charge is 0.496 e. The van der Waals surface area contributed by atoms with E-state index < -0.39 is 12.0 Å². The van der Waals surface area contributed by atoms with Crippen molar-refractivity contribution < 1.29 is 14.6 Å². The molecular weight excluding hydrogens is 244 g/mol. The van der Waals surface area contributed by atoms with Gasteiger partial charge >= 0.3 is 5.97 Å². The van der Waals surface area contributed by atoms with Crippen LogP contribution in [0, 0.1) is 0 Å². The van der Waals surface area contributed by atoms with Crippen LogP contribution in [0.25, 0.3) is 0 Å². The Hall–Kier alpha value is -1.59. The lowest BCUT2D eigenvalue weighted by molar-refractivity contribution is -0.138. The lowest BCUT2D eigenvalue weighted by atomic mass is 10.0. The van der Waals surface area contributed by atoms with E-state index in [1.807, 2.05) is 12.1 Å². The van der Waals surface area contributed by atoms with Crippen molar-refractivity contribution in [2.75, 3.05) is 13.7 Å². The van der Waals surface area contributed by atoms with E-state index in [-0.39, 0.29) is 6.54 Å². The fourth-order valence-electron chi connectivity index (χ4n) is 1.72. The van der Waals surface area contributed by atoms with E-state index in [1.54, 1.807) is 7.11 Å². The molecule has 0 spiro atoms. The summed E-state index contributed by atoms with van der Waals surface area (Å²) >= 11 is 0. The number of nitrogens with one attached hydrogen (secondary N) is 1. The highest BCUT2D eigenvalue weighted by atomic mass is 16.5. The molecule has 4 N–H and O–H groups in total. The van der Waals surface area contributed by atoms with Gasteiger partial charge in [-0.2, -0.15) is 0 Å². The third-order valence-electron chi connectivity index (χ3n) is 2.97. The topological polar surface area (TPSA) is 84.6 Å². The summed E-state index contributed by atoms with van der Waals surface area (Å²) in [6.45, 7) is 5.00.